The minimum absolute atomic E-state index is 0.220. The maximum absolute atomic E-state index is 9.44. The van der Waals surface area contributed by atoms with Crippen LogP contribution >= 0.6 is 0 Å². The first-order valence-corrected chi connectivity index (χ1v) is 6.55. The quantitative estimate of drug-likeness (QED) is 0.860. The summed E-state index contributed by atoms with van der Waals surface area (Å²) in [6, 6.07) is 14.1. The van der Waals surface area contributed by atoms with E-state index in [1.165, 1.54) is 24.8 Å². The van der Waals surface area contributed by atoms with Crippen LogP contribution in [0.4, 0.5) is 0 Å². The van der Waals surface area contributed by atoms with E-state index in [4.69, 9.17) is 0 Å². The van der Waals surface area contributed by atoms with Crippen LogP contribution in [0.5, 0.6) is 0 Å². The molecule has 1 aromatic rings. The van der Waals surface area contributed by atoms with E-state index in [0.717, 1.165) is 18.9 Å². The molecule has 0 heterocycles. The van der Waals surface area contributed by atoms with Gasteiger partial charge >= 0.3 is 0 Å². The predicted molar refractivity (Wildman–Crippen MR) is 67.5 cm³/mol. The number of rotatable bonds is 3. The summed E-state index contributed by atoms with van der Waals surface area (Å²) in [6.07, 6.45) is 5.96. The number of nitrogens with zero attached hydrogens (tertiary/aromatic N) is 1. The zero-order chi connectivity index (χ0) is 11.7. The van der Waals surface area contributed by atoms with Gasteiger partial charge in [-0.2, -0.15) is 5.26 Å². The van der Waals surface area contributed by atoms with Gasteiger partial charge in [0.05, 0.1) is 11.5 Å². The zero-order valence-electron chi connectivity index (χ0n) is 10.0. The molecule has 0 aliphatic heterocycles. The Balaban J connectivity index is 1.65. The van der Waals surface area contributed by atoms with E-state index in [1.54, 1.807) is 0 Å². The highest BCUT2D eigenvalue weighted by Gasteiger charge is 2.46. The van der Waals surface area contributed by atoms with Crippen LogP contribution in [-0.2, 0) is 5.41 Å². The van der Waals surface area contributed by atoms with Crippen LogP contribution in [0.2, 0.25) is 0 Å². The molecule has 1 N–H and O–H groups in total. The Labute approximate surface area is 103 Å². The first-order chi connectivity index (χ1) is 8.32. The summed E-state index contributed by atoms with van der Waals surface area (Å²) < 4.78 is 0. The van der Waals surface area contributed by atoms with Crippen LogP contribution < -0.4 is 5.32 Å². The Hall–Kier alpha value is -1.33. The fraction of sp³-hybridized carbons (Fsp3) is 0.533. The molecule has 0 unspecified atom stereocenters. The van der Waals surface area contributed by atoms with Crippen LogP contribution in [0.3, 0.4) is 0 Å². The fourth-order valence-electron chi connectivity index (χ4n) is 2.96. The fourth-order valence-corrected chi connectivity index (χ4v) is 2.96. The molecule has 0 spiro atoms. The van der Waals surface area contributed by atoms with Gasteiger partial charge in [-0.3, -0.25) is 0 Å². The first-order valence-electron chi connectivity index (χ1n) is 6.55. The summed E-state index contributed by atoms with van der Waals surface area (Å²) in [5.41, 5.74) is 0.969. The van der Waals surface area contributed by atoms with Gasteiger partial charge in [-0.05, 0) is 31.2 Å². The van der Waals surface area contributed by atoms with Gasteiger partial charge in [0.2, 0.25) is 0 Å². The molecule has 2 heteroatoms. The predicted octanol–water partition coefficient (Wildman–Crippen LogP) is 2.75. The van der Waals surface area contributed by atoms with E-state index in [-0.39, 0.29) is 5.41 Å². The molecule has 0 amide bonds. The molecule has 2 fully saturated rings. The molecule has 2 aliphatic carbocycles. The van der Waals surface area contributed by atoms with Gasteiger partial charge in [-0.15, -0.1) is 0 Å². The smallest absolute Gasteiger partial charge is 0.0852 e. The molecule has 0 radical (unpaired) electrons. The zero-order valence-corrected chi connectivity index (χ0v) is 10.0. The summed E-state index contributed by atoms with van der Waals surface area (Å²) in [6.45, 7) is 0. The molecular weight excluding hydrogens is 208 g/mol. The molecule has 1 aromatic carbocycles. The molecular formula is C15H18N2. The van der Waals surface area contributed by atoms with Crippen molar-refractivity contribution in [3.8, 4) is 6.07 Å². The van der Waals surface area contributed by atoms with Gasteiger partial charge in [0.25, 0.3) is 0 Å². The molecule has 0 saturated heterocycles. The highest BCUT2D eigenvalue weighted by Crippen LogP contribution is 2.44. The normalized spacial score (nSPS) is 32.3. The summed E-state index contributed by atoms with van der Waals surface area (Å²) in [7, 11) is 0. The molecule has 2 saturated carbocycles. The lowest BCUT2D eigenvalue weighted by Gasteiger charge is -2.46. The lowest BCUT2D eigenvalue weighted by molar-refractivity contribution is 0.181. The van der Waals surface area contributed by atoms with E-state index in [9.17, 15) is 5.26 Å². The average Bonchev–Trinajstić information content (AvgIpc) is 2.27. The van der Waals surface area contributed by atoms with E-state index >= 15 is 0 Å². The molecule has 0 aromatic heterocycles. The molecule has 88 valence electrons. The molecule has 3 rings (SSSR count). The number of benzene rings is 1. The van der Waals surface area contributed by atoms with Gasteiger partial charge < -0.3 is 5.32 Å². The van der Waals surface area contributed by atoms with Crippen LogP contribution in [0.15, 0.2) is 30.3 Å². The minimum atomic E-state index is -0.220. The summed E-state index contributed by atoms with van der Waals surface area (Å²) in [5.74, 6) is 0. The standard InChI is InChI=1S/C15H18N2/c16-11-15(12-5-2-1-3-6-12)9-14(10-15)17-13-7-4-8-13/h1-3,5-6,13-14,17H,4,7-10H2. The van der Waals surface area contributed by atoms with Gasteiger partial charge in [0.15, 0.2) is 0 Å². The van der Waals surface area contributed by atoms with Crippen molar-refractivity contribution in [2.24, 2.45) is 0 Å². The highest BCUT2D eigenvalue weighted by molar-refractivity contribution is 5.36. The first kappa shape index (κ1) is 10.8. The number of nitrogens with one attached hydrogen (secondary N) is 1. The largest absolute Gasteiger partial charge is 0.311 e. The summed E-state index contributed by atoms with van der Waals surface area (Å²) >= 11 is 0. The van der Waals surface area contributed by atoms with Crippen molar-refractivity contribution >= 4 is 0 Å². The van der Waals surface area contributed by atoms with Crippen molar-refractivity contribution in [1.29, 1.82) is 5.26 Å². The van der Waals surface area contributed by atoms with E-state index < -0.39 is 0 Å². The summed E-state index contributed by atoms with van der Waals surface area (Å²) in [4.78, 5) is 0. The van der Waals surface area contributed by atoms with Crippen molar-refractivity contribution in [1.82, 2.24) is 5.32 Å². The molecule has 2 aliphatic rings. The maximum atomic E-state index is 9.44. The van der Waals surface area contributed by atoms with Gasteiger partial charge in [0.1, 0.15) is 0 Å². The van der Waals surface area contributed by atoms with E-state index in [1.807, 2.05) is 18.2 Å². The van der Waals surface area contributed by atoms with Gasteiger partial charge in [-0.1, -0.05) is 36.8 Å². The van der Waals surface area contributed by atoms with Gasteiger partial charge in [0, 0.05) is 12.1 Å². The third-order valence-corrected chi connectivity index (χ3v) is 4.31. The van der Waals surface area contributed by atoms with Crippen molar-refractivity contribution in [2.45, 2.75) is 49.6 Å². The second-order valence-corrected chi connectivity index (χ2v) is 5.46. The number of hydrogen-bond acceptors (Lipinski definition) is 2. The van der Waals surface area contributed by atoms with Crippen molar-refractivity contribution in [2.75, 3.05) is 0 Å². The second kappa shape index (κ2) is 4.16. The number of nitriles is 1. The third kappa shape index (κ3) is 1.85. The van der Waals surface area contributed by atoms with Crippen LogP contribution in [-0.4, -0.2) is 12.1 Å². The van der Waals surface area contributed by atoms with E-state index in [2.05, 4.69) is 23.5 Å². The average molecular weight is 226 g/mol. The molecule has 17 heavy (non-hydrogen) atoms. The Bertz CT molecular complexity index is 422. The highest BCUT2D eigenvalue weighted by atomic mass is 15.0. The van der Waals surface area contributed by atoms with Crippen LogP contribution in [0.25, 0.3) is 0 Å². The third-order valence-electron chi connectivity index (χ3n) is 4.31. The monoisotopic (exact) mass is 226 g/mol. The Morgan fingerprint density at radius 3 is 2.35 bits per heavy atom. The van der Waals surface area contributed by atoms with Crippen molar-refractivity contribution < 1.29 is 0 Å². The maximum Gasteiger partial charge on any atom is 0.0852 e. The van der Waals surface area contributed by atoms with Crippen molar-refractivity contribution in [3.63, 3.8) is 0 Å². The molecule has 0 atom stereocenters. The molecule has 2 nitrogen and oxygen atoms in total. The Morgan fingerprint density at radius 2 is 1.82 bits per heavy atom. The van der Waals surface area contributed by atoms with Crippen LogP contribution in [0, 0.1) is 11.3 Å². The second-order valence-electron chi connectivity index (χ2n) is 5.46. The Morgan fingerprint density at radius 1 is 1.12 bits per heavy atom. The SMILES string of the molecule is N#CC1(c2ccccc2)CC(NC2CCC2)C1. The Kier molecular flexibility index (Phi) is 2.64. The topological polar surface area (TPSA) is 35.8 Å². The number of hydrogen-bond donors (Lipinski definition) is 1. The summed E-state index contributed by atoms with van der Waals surface area (Å²) in [5, 5.41) is 13.1. The lowest BCUT2D eigenvalue weighted by Crippen LogP contribution is -2.55. The van der Waals surface area contributed by atoms with Crippen molar-refractivity contribution in [3.05, 3.63) is 35.9 Å². The minimum Gasteiger partial charge on any atom is -0.311 e. The van der Waals surface area contributed by atoms with E-state index in [0.29, 0.717) is 6.04 Å². The van der Waals surface area contributed by atoms with Gasteiger partial charge in [-0.25, -0.2) is 0 Å². The molecule has 0 bridgehead atoms. The lowest BCUT2D eigenvalue weighted by atomic mass is 9.62. The van der Waals surface area contributed by atoms with Crippen LogP contribution in [0.1, 0.15) is 37.7 Å².